The van der Waals surface area contributed by atoms with E-state index in [1.54, 1.807) is 52.1 Å². The number of esters is 2. The Labute approximate surface area is 167 Å². The average Bonchev–Trinajstić information content (AvgIpc) is 3.12. The largest absolute Gasteiger partial charge is 0.497 e. The van der Waals surface area contributed by atoms with Crippen LogP contribution in [0.1, 0.15) is 26.5 Å². The summed E-state index contributed by atoms with van der Waals surface area (Å²) in [6, 6.07) is 7.04. The number of aliphatic hydroxyl groups is 1. The van der Waals surface area contributed by atoms with E-state index < -0.39 is 17.5 Å². The maximum absolute atomic E-state index is 12.5. The Morgan fingerprint density at radius 2 is 1.61 bits per heavy atom. The van der Waals surface area contributed by atoms with E-state index in [9.17, 15) is 14.7 Å². The van der Waals surface area contributed by atoms with Gasteiger partial charge in [-0.2, -0.15) is 0 Å². The van der Waals surface area contributed by atoms with Crippen LogP contribution in [0.15, 0.2) is 24.3 Å². The molecule has 0 spiro atoms. The second kappa shape index (κ2) is 9.52. The highest BCUT2D eigenvalue weighted by atomic mass is 32.1. The molecule has 9 heteroatoms. The first-order valence-electron chi connectivity index (χ1n) is 8.77. The zero-order valence-electron chi connectivity index (χ0n) is 16.2. The molecule has 0 aliphatic carbocycles. The molecule has 0 unspecified atom stereocenters. The number of hydrogen-bond acceptors (Lipinski definition) is 9. The number of nitrogens with zero attached hydrogens (tertiary/aromatic N) is 1. The molecule has 1 N–H and O–H groups in total. The number of carbonyl (C=O) groups is 2. The topological polar surface area (TPSA) is 104 Å². The molecule has 0 fully saturated rings. The number of methoxy groups -OCH3 is 1. The van der Waals surface area contributed by atoms with E-state index in [0.717, 1.165) is 11.3 Å². The van der Waals surface area contributed by atoms with Crippen LogP contribution in [0.4, 0.5) is 0 Å². The van der Waals surface area contributed by atoms with Gasteiger partial charge in [-0.3, -0.25) is 0 Å². The summed E-state index contributed by atoms with van der Waals surface area (Å²) in [5.41, 5.74) is -2.27. The summed E-state index contributed by atoms with van der Waals surface area (Å²) in [6.45, 7) is 5.07. The Kier molecular flexibility index (Phi) is 7.36. The summed E-state index contributed by atoms with van der Waals surface area (Å²) in [6.07, 6.45) is 0. The lowest BCUT2D eigenvalue weighted by Gasteiger charge is -2.22. The van der Waals surface area contributed by atoms with Crippen LogP contribution in [0.3, 0.4) is 0 Å². The molecule has 0 saturated heterocycles. The van der Waals surface area contributed by atoms with E-state index >= 15 is 0 Å². The summed E-state index contributed by atoms with van der Waals surface area (Å²) in [7, 11) is 1.56. The fraction of sp³-hybridized carbons (Fsp3) is 0.421. The molecule has 0 aliphatic rings. The van der Waals surface area contributed by atoms with Crippen molar-refractivity contribution in [1.29, 1.82) is 0 Å². The van der Waals surface area contributed by atoms with Crippen molar-refractivity contribution in [2.24, 2.45) is 0 Å². The molecule has 2 rings (SSSR count). The van der Waals surface area contributed by atoms with Crippen molar-refractivity contribution in [3.63, 3.8) is 0 Å². The minimum atomic E-state index is -2.72. The maximum atomic E-state index is 12.5. The fourth-order valence-electron chi connectivity index (χ4n) is 2.37. The average molecular weight is 409 g/mol. The van der Waals surface area contributed by atoms with Gasteiger partial charge in [-0.05, 0) is 45.0 Å². The van der Waals surface area contributed by atoms with Crippen LogP contribution < -0.4 is 9.47 Å². The molecule has 28 heavy (non-hydrogen) atoms. The standard InChI is InChI=1S/C19H23NO7S/c1-5-25-16-14(19(23,17(21)26-6-2)18(22)27-7-3)20-15(28-16)12-8-10-13(24-4)11-9-12/h8-11,23H,5-7H2,1-4H3. The van der Waals surface area contributed by atoms with Crippen LogP contribution in [0.2, 0.25) is 0 Å². The van der Waals surface area contributed by atoms with Crippen LogP contribution in [-0.2, 0) is 24.7 Å². The van der Waals surface area contributed by atoms with E-state index in [4.69, 9.17) is 18.9 Å². The number of rotatable bonds is 9. The van der Waals surface area contributed by atoms with Crippen LogP contribution in [0.25, 0.3) is 10.6 Å². The van der Waals surface area contributed by atoms with Crippen molar-refractivity contribution in [2.45, 2.75) is 26.4 Å². The molecule has 0 bridgehead atoms. The lowest BCUT2D eigenvalue weighted by Crippen LogP contribution is -2.46. The molecule has 2 aromatic rings. The van der Waals surface area contributed by atoms with E-state index in [-0.39, 0.29) is 30.6 Å². The highest BCUT2D eigenvalue weighted by Crippen LogP contribution is 2.41. The van der Waals surface area contributed by atoms with Crippen molar-refractivity contribution in [2.75, 3.05) is 26.9 Å². The van der Waals surface area contributed by atoms with Crippen molar-refractivity contribution in [3.8, 4) is 21.4 Å². The number of hydrogen-bond donors (Lipinski definition) is 1. The van der Waals surface area contributed by atoms with Gasteiger partial charge in [0.05, 0.1) is 26.9 Å². The zero-order valence-corrected chi connectivity index (χ0v) is 17.0. The highest BCUT2D eigenvalue weighted by molar-refractivity contribution is 7.17. The Bertz CT molecular complexity index is 798. The normalized spacial score (nSPS) is 11.0. The van der Waals surface area contributed by atoms with Gasteiger partial charge in [-0.25, -0.2) is 14.6 Å². The number of carbonyl (C=O) groups excluding carboxylic acids is 2. The van der Waals surface area contributed by atoms with E-state index in [1.165, 1.54) is 0 Å². The highest BCUT2D eigenvalue weighted by Gasteiger charge is 2.53. The van der Waals surface area contributed by atoms with Gasteiger partial charge in [-0.15, -0.1) is 0 Å². The van der Waals surface area contributed by atoms with E-state index in [0.29, 0.717) is 16.3 Å². The minimum Gasteiger partial charge on any atom is -0.497 e. The minimum absolute atomic E-state index is 0.0278. The third-order valence-electron chi connectivity index (χ3n) is 3.69. The van der Waals surface area contributed by atoms with Gasteiger partial charge in [0.25, 0.3) is 0 Å². The van der Waals surface area contributed by atoms with Gasteiger partial charge in [0, 0.05) is 5.56 Å². The smallest absolute Gasteiger partial charge is 0.356 e. The Morgan fingerprint density at radius 3 is 2.07 bits per heavy atom. The van der Waals surface area contributed by atoms with Crippen molar-refractivity contribution in [1.82, 2.24) is 4.98 Å². The number of thiazole rings is 1. The van der Waals surface area contributed by atoms with Gasteiger partial charge >= 0.3 is 17.5 Å². The first-order chi connectivity index (χ1) is 13.4. The van der Waals surface area contributed by atoms with Gasteiger partial charge in [0.15, 0.2) is 0 Å². The predicted octanol–water partition coefficient (Wildman–Crippen LogP) is 2.53. The number of benzene rings is 1. The Morgan fingerprint density at radius 1 is 1.04 bits per heavy atom. The molecule has 1 aromatic heterocycles. The third kappa shape index (κ3) is 4.26. The zero-order chi connectivity index (χ0) is 20.7. The fourth-order valence-corrected chi connectivity index (χ4v) is 3.40. The molecule has 0 radical (unpaired) electrons. The molecule has 8 nitrogen and oxygen atoms in total. The molecule has 152 valence electrons. The summed E-state index contributed by atoms with van der Waals surface area (Å²) < 4.78 is 20.5. The predicted molar refractivity (Wildman–Crippen MR) is 102 cm³/mol. The monoisotopic (exact) mass is 409 g/mol. The van der Waals surface area contributed by atoms with E-state index in [2.05, 4.69) is 4.98 Å². The lowest BCUT2D eigenvalue weighted by atomic mass is 10.0. The van der Waals surface area contributed by atoms with Gasteiger partial charge in [-0.1, -0.05) is 11.3 Å². The molecular formula is C19H23NO7S. The summed E-state index contributed by atoms with van der Waals surface area (Å²) in [5, 5.41) is 11.6. The molecule has 1 aromatic carbocycles. The molecular weight excluding hydrogens is 386 g/mol. The van der Waals surface area contributed by atoms with E-state index in [1.807, 2.05) is 0 Å². The van der Waals surface area contributed by atoms with Crippen molar-refractivity contribution >= 4 is 23.3 Å². The Hall–Kier alpha value is -2.65. The molecule has 0 saturated carbocycles. The second-order valence-electron chi connectivity index (χ2n) is 5.47. The van der Waals surface area contributed by atoms with Gasteiger partial charge < -0.3 is 24.1 Å². The molecule has 0 atom stereocenters. The molecule has 0 amide bonds. The first-order valence-corrected chi connectivity index (χ1v) is 9.59. The van der Waals surface area contributed by atoms with Gasteiger partial charge in [0.1, 0.15) is 16.5 Å². The van der Waals surface area contributed by atoms with Crippen LogP contribution in [-0.4, -0.2) is 49.0 Å². The third-order valence-corrected chi connectivity index (χ3v) is 4.71. The van der Waals surface area contributed by atoms with Crippen molar-refractivity contribution < 1.29 is 33.6 Å². The van der Waals surface area contributed by atoms with Gasteiger partial charge in [0.2, 0.25) is 5.06 Å². The van der Waals surface area contributed by atoms with Crippen LogP contribution >= 0.6 is 11.3 Å². The number of aromatic nitrogens is 1. The summed E-state index contributed by atoms with van der Waals surface area (Å²) >= 11 is 1.10. The SMILES string of the molecule is CCOC(=O)C(O)(C(=O)OCC)c1nc(-c2ccc(OC)cc2)sc1OCC. The number of ether oxygens (including phenoxy) is 4. The summed E-state index contributed by atoms with van der Waals surface area (Å²) in [5.74, 6) is -1.66. The lowest BCUT2D eigenvalue weighted by molar-refractivity contribution is -0.185. The quantitative estimate of drug-likeness (QED) is 0.498. The molecule has 0 aliphatic heterocycles. The summed E-state index contributed by atoms with van der Waals surface area (Å²) in [4.78, 5) is 29.3. The van der Waals surface area contributed by atoms with Crippen LogP contribution in [0, 0.1) is 0 Å². The Balaban J connectivity index is 2.59. The van der Waals surface area contributed by atoms with Crippen molar-refractivity contribution in [3.05, 3.63) is 30.0 Å². The first kappa shape index (κ1) is 21.6. The second-order valence-corrected chi connectivity index (χ2v) is 6.43. The molecule has 1 heterocycles. The van der Waals surface area contributed by atoms with Crippen LogP contribution in [0.5, 0.6) is 10.8 Å². The maximum Gasteiger partial charge on any atom is 0.356 e.